The minimum atomic E-state index is -4.43. The number of carboxylic acid groups (broad SMARTS) is 1. The average Bonchev–Trinajstić information content (AvgIpc) is 3.94. The van der Waals surface area contributed by atoms with Crippen LogP contribution in [0.4, 0.5) is 4.79 Å². The van der Waals surface area contributed by atoms with Crippen LogP contribution in [0.25, 0.3) is 0 Å². The van der Waals surface area contributed by atoms with Crippen molar-refractivity contribution in [3.05, 3.63) is 130 Å². The highest BCUT2D eigenvalue weighted by Gasteiger charge is 2.49. The Hall–Kier alpha value is -7.70. The van der Waals surface area contributed by atoms with Crippen molar-refractivity contribution in [3.8, 4) is 5.75 Å². The number of guanidine groups is 1. The molecule has 0 aliphatic carbocycles. The molecule has 5 rings (SSSR count). The van der Waals surface area contributed by atoms with Crippen LogP contribution in [-0.2, 0) is 67.6 Å². The van der Waals surface area contributed by atoms with Crippen LogP contribution in [0.5, 0.6) is 5.75 Å². The lowest BCUT2D eigenvalue weighted by Crippen LogP contribution is -2.67. The van der Waals surface area contributed by atoms with Gasteiger partial charge in [-0.2, -0.15) is 0 Å². The maximum absolute atomic E-state index is 15.3. The summed E-state index contributed by atoms with van der Waals surface area (Å²) in [5, 5.41) is 19.1. The number of rotatable bonds is 27. The number of aliphatic carboxylic acids is 1. The maximum Gasteiger partial charge on any atom is 0.514 e. The SMILES string of the molecule is CC(=O)[C@@](Cc1ccc(OC(=O)OCc2ccccc2Br)cc1)(NC(=O)[C@@H]1CCCN1C(=O)[C@H](CC(CN=C(N)N)S(=O)(=O)c1ccc(C)cc1)NC(=O)[C@@H](NC(=O)[C@@H](N)C(Cc1ccccc1)C(=O)O)C(C)C)C(=O)NCC(C)C. The summed E-state index contributed by atoms with van der Waals surface area (Å²) in [5.74, 6) is -9.50. The molecule has 0 saturated carbocycles. The summed E-state index contributed by atoms with van der Waals surface area (Å²) < 4.78 is 40.4. The number of halogens is 1. The highest BCUT2D eigenvalue weighted by Crippen LogP contribution is 2.27. The van der Waals surface area contributed by atoms with Gasteiger partial charge in [0.15, 0.2) is 27.1 Å². The summed E-state index contributed by atoms with van der Waals surface area (Å²) in [4.78, 5) is 117. The molecule has 2 unspecified atom stereocenters. The van der Waals surface area contributed by atoms with Crippen LogP contribution < -0.4 is 43.2 Å². The van der Waals surface area contributed by atoms with Gasteiger partial charge in [0, 0.05) is 29.5 Å². The fourth-order valence-electron chi connectivity index (χ4n) is 9.03. The Bertz CT molecular complexity index is 3030. The molecule has 1 heterocycles. The molecule has 1 aliphatic rings. The number of nitrogens with one attached hydrogen (secondary N) is 4. The summed E-state index contributed by atoms with van der Waals surface area (Å²) in [7, 11) is -4.43. The van der Waals surface area contributed by atoms with E-state index in [1.54, 1.807) is 81.4 Å². The van der Waals surface area contributed by atoms with Crippen LogP contribution in [0.15, 0.2) is 117 Å². The number of carboxylic acids is 1. The van der Waals surface area contributed by atoms with Gasteiger partial charge in [0.25, 0.3) is 5.91 Å². The number of carbonyl (C=O) groups is 8. The number of carbonyl (C=O) groups excluding carboxylic acids is 7. The van der Waals surface area contributed by atoms with Crippen molar-refractivity contribution in [2.24, 2.45) is 39.9 Å². The highest BCUT2D eigenvalue weighted by molar-refractivity contribution is 9.10. The molecule has 4 aromatic rings. The van der Waals surface area contributed by atoms with Crippen molar-refractivity contribution < 1.29 is 61.4 Å². The first kappa shape index (κ1) is 64.1. The van der Waals surface area contributed by atoms with Crippen LogP contribution in [0.3, 0.4) is 0 Å². The molecule has 436 valence electrons. The number of sulfone groups is 1. The number of aryl methyl sites for hydroxylation is 1. The predicted octanol–water partition coefficient (Wildman–Crippen LogP) is 3.63. The molecule has 4 aromatic carbocycles. The number of hydrogen-bond donors (Lipinski definition) is 8. The summed E-state index contributed by atoms with van der Waals surface area (Å²) >= 11 is 3.40. The third-order valence-electron chi connectivity index (χ3n) is 13.7. The number of aliphatic imine (C=N–C) groups is 1. The molecule has 0 radical (unpaired) electrons. The van der Waals surface area contributed by atoms with Crippen molar-refractivity contribution in [3.63, 3.8) is 0 Å². The molecule has 1 saturated heterocycles. The topological polar surface area (TPSA) is 351 Å². The van der Waals surface area contributed by atoms with Crippen LogP contribution >= 0.6 is 15.9 Å². The van der Waals surface area contributed by atoms with Gasteiger partial charge in [-0.15, -0.1) is 0 Å². The van der Waals surface area contributed by atoms with Gasteiger partial charge in [-0.1, -0.05) is 122 Å². The van der Waals surface area contributed by atoms with E-state index in [0.29, 0.717) is 16.7 Å². The van der Waals surface area contributed by atoms with E-state index in [0.717, 1.165) is 21.9 Å². The second kappa shape index (κ2) is 29.1. The Morgan fingerprint density at radius 1 is 0.852 bits per heavy atom. The number of Topliss-reactive ketones (excluding diaryl/α,β-unsaturated/α-hetero) is 1. The molecular weight excluding hydrogens is 1130 g/mol. The van der Waals surface area contributed by atoms with E-state index < -0.39 is 129 Å². The van der Waals surface area contributed by atoms with Crippen molar-refractivity contribution in [1.29, 1.82) is 0 Å². The van der Waals surface area contributed by atoms with Crippen molar-refractivity contribution >= 4 is 79.2 Å². The zero-order valence-corrected chi connectivity index (χ0v) is 48.5. The van der Waals surface area contributed by atoms with Gasteiger partial charge in [-0.05, 0) is 92.8 Å². The van der Waals surface area contributed by atoms with Crippen molar-refractivity contribution in [2.45, 2.75) is 120 Å². The molecule has 0 spiro atoms. The molecule has 0 aromatic heterocycles. The second-order valence-electron chi connectivity index (χ2n) is 20.7. The number of benzene rings is 4. The number of nitrogens with zero attached hydrogens (tertiary/aromatic N) is 2. The van der Waals surface area contributed by atoms with Crippen molar-refractivity contribution in [1.82, 2.24) is 26.2 Å². The van der Waals surface area contributed by atoms with E-state index in [9.17, 15) is 47.1 Å². The number of nitrogens with two attached hydrogens (primary N) is 3. The Morgan fingerprint density at radius 3 is 2.09 bits per heavy atom. The quantitative estimate of drug-likeness (QED) is 0.0139. The van der Waals surface area contributed by atoms with Gasteiger partial charge in [0.1, 0.15) is 30.5 Å². The third-order valence-corrected chi connectivity index (χ3v) is 16.6. The van der Waals surface area contributed by atoms with E-state index in [1.165, 1.54) is 36.4 Å². The van der Waals surface area contributed by atoms with E-state index in [2.05, 4.69) is 42.2 Å². The number of amides is 5. The van der Waals surface area contributed by atoms with E-state index >= 15 is 4.79 Å². The molecule has 1 fully saturated rings. The van der Waals surface area contributed by atoms with Crippen LogP contribution in [0.2, 0.25) is 0 Å². The van der Waals surface area contributed by atoms with E-state index in [-0.39, 0.29) is 55.5 Å². The van der Waals surface area contributed by atoms with Gasteiger partial charge < -0.3 is 57.9 Å². The minimum absolute atomic E-state index is 0.00141. The monoisotopic (exact) mass is 1200 g/mol. The number of ketones is 1. The van der Waals surface area contributed by atoms with Crippen LogP contribution in [0.1, 0.15) is 76.1 Å². The fourth-order valence-corrected chi connectivity index (χ4v) is 11.0. The van der Waals surface area contributed by atoms with E-state index in [4.69, 9.17) is 26.7 Å². The summed E-state index contributed by atoms with van der Waals surface area (Å²) in [5.41, 5.74) is 17.8. The fraction of sp³-hybridized carbons (Fsp3) is 0.421. The number of hydrogen-bond acceptors (Lipinski definition) is 14. The Balaban J connectivity index is 1.48. The van der Waals surface area contributed by atoms with Crippen LogP contribution in [-0.4, -0.2) is 126 Å². The Labute approximate surface area is 479 Å². The zero-order valence-electron chi connectivity index (χ0n) is 46.1. The molecule has 11 N–H and O–H groups in total. The van der Waals surface area contributed by atoms with Gasteiger partial charge in [0.05, 0.1) is 28.6 Å². The zero-order chi connectivity index (χ0) is 59.8. The summed E-state index contributed by atoms with van der Waals surface area (Å²) in [6.07, 6.45) is -2.00. The molecule has 5 amide bonds. The normalized spacial score (nSPS) is 15.9. The standard InChI is InChI=1S/C57H72BrN9O13S/c1-33(2)30-62-54(75)57(36(6)68,29-38-20-22-40(23-21-38)80-56(76)79-32-39-15-10-11-16-44(39)58)66-49(69)46-17-12-26-67(46)52(72)45(28-42(31-63-55(60)61)81(77,78)41-24-18-35(5)19-25-41)64-51(71)48(34(3)4)65-50(70)47(59)43(53(73)74)27-37-13-8-7-9-14-37/h7-11,13-16,18-25,33-34,42-43,45-48H,12,17,26-32,59H2,1-6H3,(H,62,75)(H,64,71)(H,65,70)(H,66,69)(H,73,74)(H4,60,61,63)/t42?,43?,45-,46-,47-,48-,57+/m0/s1. The summed E-state index contributed by atoms with van der Waals surface area (Å²) in [6, 6.07) is 21.0. The molecule has 1 aliphatic heterocycles. The predicted molar refractivity (Wildman–Crippen MR) is 305 cm³/mol. The Morgan fingerprint density at radius 2 is 1.49 bits per heavy atom. The smallest absolute Gasteiger partial charge is 0.481 e. The molecule has 7 atom stereocenters. The molecular formula is C57H72BrN9O13S. The molecule has 0 bridgehead atoms. The molecule has 81 heavy (non-hydrogen) atoms. The highest BCUT2D eigenvalue weighted by atomic mass is 79.9. The first-order valence-electron chi connectivity index (χ1n) is 26.3. The maximum atomic E-state index is 15.3. The molecule has 24 heteroatoms. The Kier molecular flexibility index (Phi) is 23.1. The lowest BCUT2D eigenvalue weighted by atomic mass is 9.85. The number of likely N-dealkylation sites (tertiary alicyclic amines) is 1. The minimum Gasteiger partial charge on any atom is -0.481 e. The first-order valence-corrected chi connectivity index (χ1v) is 28.7. The first-order chi connectivity index (χ1) is 38.2. The van der Waals surface area contributed by atoms with Crippen LogP contribution in [0, 0.1) is 24.7 Å². The lowest BCUT2D eigenvalue weighted by Gasteiger charge is -2.35. The average molecular weight is 1200 g/mol. The van der Waals surface area contributed by atoms with Gasteiger partial charge in [-0.3, -0.25) is 38.6 Å². The van der Waals surface area contributed by atoms with Gasteiger partial charge in [-0.25, -0.2) is 13.2 Å². The second-order valence-corrected chi connectivity index (χ2v) is 23.8. The lowest BCUT2D eigenvalue weighted by molar-refractivity contribution is -0.146. The molecule has 22 nitrogen and oxygen atoms in total. The van der Waals surface area contributed by atoms with E-state index in [1.807, 2.05) is 19.9 Å². The summed E-state index contributed by atoms with van der Waals surface area (Å²) in [6.45, 7) is 9.01. The number of ether oxygens (including phenoxy) is 2. The van der Waals surface area contributed by atoms with Crippen molar-refractivity contribution in [2.75, 3.05) is 19.6 Å². The van der Waals surface area contributed by atoms with Gasteiger partial charge >= 0.3 is 12.1 Å². The third kappa shape index (κ3) is 17.6. The van der Waals surface area contributed by atoms with Gasteiger partial charge in [0.2, 0.25) is 23.6 Å². The largest absolute Gasteiger partial charge is 0.514 e.